The first kappa shape index (κ1) is 16.6. The van der Waals surface area contributed by atoms with E-state index in [1.807, 2.05) is 36.4 Å². The van der Waals surface area contributed by atoms with Crippen LogP contribution in [0, 0.1) is 6.92 Å². The summed E-state index contributed by atoms with van der Waals surface area (Å²) in [6, 6.07) is 1.88. The van der Waals surface area contributed by atoms with E-state index in [9.17, 15) is 0 Å². The number of rotatable bonds is 4. The number of carboxylic acid groups (broad SMARTS) is 1. The lowest BCUT2D eigenvalue weighted by Gasteiger charge is -2.15. The predicted octanol–water partition coefficient (Wildman–Crippen LogP) is 1.10. The minimum Gasteiger partial charge on any atom is -0.483 e. The van der Waals surface area contributed by atoms with Crippen molar-refractivity contribution < 1.29 is 9.90 Å². The van der Waals surface area contributed by atoms with Crippen molar-refractivity contribution in [1.29, 1.82) is 0 Å². The molecule has 3 aromatic rings. The highest BCUT2D eigenvalue weighted by Crippen LogP contribution is 2.13. The lowest BCUT2D eigenvalue weighted by atomic mass is 10.2. The minimum atomic E-state index is -0.250. The van der Waals surface area contributed by atoms with Gasteiger partial charge in [0.25, 0.3) is 6.47 Å². The average molecular weight is 316 g/mol. The zero-order valence-electron chi connectivity index (χ0n) is 13.4. The molecule has 0 fully saturated rings. The van der Waals surface area contributed by atoms with E-state index >= 15 is 0 Å². The summed E-state index contributed by atoms with van der Waals surface area (Å²) in [7, 11) is 4.06. The molecule has 0 aliphatic heterocycles. The van der Waals surface area contributed by atoms with Gasteiger partial charge >= 0.3 is 0 Å². The van der Waals surface area contributed by atoms with E-state index < -0.39 is 0 Å². The number of hydrogen-bond acceptors (Lipinski definition) is 5. The second-order valence-electron chi connectivity index (χ2n) is 5.21. The number of carbonyl (C=O) groups is 1. The van der Waals surface area contributed by atoms with E-state index in [4.69, 9.17) is 9.90 Å². The second-order valence-corrected chi connectivity index (χ2v) is 5.21. The van der Waals surface area contributed by atoms with E-state index in [0.29, 0.717) is 0 Å². The van der Waals surface area contributed by atoms with Gasteiger partial charge in [-0.05, 0) is 20.0 Å². The first-order chi connectivity index (χ1) is 11.1. The van der Waals surface area contributed by atoms with Crippen LogP contribution in [0.5, 0.6) is 0 Å². The van der Waals surface area contributed by atoms with Crippen molar-refractivity contribution in [1.82, 2.24) is 29.3 Å². The SMILES string of the molecule is Cc1c(CN(C)Cc2cnn3cccnc23)cnn1C.O=CO. The van der Waals surface area contributed by atoms with E-state index in [0.717, 1.165) is 24.3 Å². The van der Waals surface area contributed by atoms with Crippen LogP contribution in [0.15, 0.2) is 30.9 Å². The van der Waals surface area contributed by atoms with Gasteiger partial charge in [0, 0.05) is 49.4 Å². The Morgan fingerprint density at radius 1 is 1.26 bits per heavy atom. The lowest BCUT2D eigenvalue weighted by molar-refractivity contribution is -0.122. The number of fused-ring (bicyclic) bond motifs is 1. The molecule has 0 atom stereocenters. The molecule has 1 N–H and O–H groups in total. The molecule has 0 radical (unpaired) electrons. The van der Waals surface area contributed by atoms with E-state index in [-0.39, 0.29) is 6.47 Å². The van der Waals surface area contributed by atoms with Crippen LogP contribution in [0.4, 0.5) is 0 Å². The standard InChI is InChI=1S/C14H18N6.CH2O2/c1-11-12(7-16-19(11)3)9-18(2)10-13-8-17-20-6-4-5-15-14(13)20;2-1-3/h4-8H,9-10H2,1-3H3;1H,(H,2,3). The molecule has 8 heteroatoms. The smallest absolute Gasteiger partial charge is 0.290 e. The normalized spacial score (nSPS) is 10.6. The highest BCUT2D eigenvalue weighted by atomic mass is 16.3. The molecule has 122 valence electrons. The van der Waals surface area contributed by atoms with Crippen LogP contribution in [0.2, 0.25) is 0 Å². The van der Waals surface area contributed by atoms with Crippen molar-refractivity contribution in [3.05, 3.63) is 47.7 Å². The fraction of sp³-hybridized carbons (Fsp3) is 0.333. The van der Waals surface area contributed by atoms with Gasteiger partial charge < -0.3 is 5.11 Å². The van der Waals surface area contributed by atoms with Crippen molar-refractivity contribution >= 4 is 12.1 Å². The van der Waals surface area contributed by atoms with Crippen molar-refractivity contribution in [3.8, 4) is 0 Å². The highest BCUT2D eigenvalue weighted by Gasteiger charge is 2.10. The molecule has 0 aliphatic rings. The van der Waals surface area contributed by atoms with Gasteiger partial charge in [0.05, 0.1) is 12.4 Å². The fourth-order valence-corrected chi connectivity index (χ4v) is 2.32. The third kappa shape index (κ3) is 3.92. The Balaban J connectivity index is 0.000000595. The molecule has 23 heavy (non-hydrogen) atoms. The fourth-order valence-electron chi connectivity index (χ4n) is 2.32. The highest BCUT2D eigenvalue weighted by molar-refractivity contribution is 5.45. The number of nitrogens with zero attached hydrogens (tertiary/aromatic N) is 6. The monoisotopic (exact) mass is 316 g/mol. The predicted molar refractivity (Wildman–Crippen MR) is 84.8 cm³/mol. The average Bonchev–Trinajstić information content (AvgIpc) is 3.07. The van der Waals surface area contributed by atoms with E-state index in [1.165, 1.54) is 11.3 Å². The first-order valence-electron chi connectivity index (χ1n) is 7.08. The lowest BCUT2D eigenvalue weighted by Crippen LogP contribution is -2.17. The topological polar surface area (TPSA) is 88.6 Å². The zero-order valence-corrected chi connectivity index (χ0v) is 13.4. The van der Waals surface area contributed by atoms with Crippen LogP contribution >= 0.6 is 0 Å². The van der Waals surface area contributed by atoms with Crippen LogP contribution in [0.3, 0.4) is 0 Å². The molecular formula is C15H20N6O2. The Morgan fingerprint density at radius 3 is 2.57 bits per heavy atom. The van der Waals surface area contributed by atoms with Crippen molar-refractivity contribution in [2.75, 3.05) is 7.05 Å². The van der Waals surface area contributed by atoms with E-state index in [2.05, 4.69) is 34.1 Å². The molecule has 3 aromatic heterocycles. The van der Waals surface area contributed by atoms with Crippen LogP contribution in [0.1, 0.15) is 16.8 Å². The maximum Gasteiger partial charge on any atom is 0.290 e. The van der Waals surface area contributed by atoms with Gasteiger partial charge in [-0.2, -0.15) is 10.2 Å². The Kier molecular flexibility index (Phi) is 5.42. The maximum atomic E-state index is 8.36. The first-order valence-corrected chi connectivity index (χ1v) is 7.08. The molecule has 8 nitrogen and oxygen atoms in total. The molecule has 0 aromatic carbocycles. The number of hydrogen-bond donors (Lipinski definition) is 1. The molecule has 0 amide bonds. The molecule has 0 unspecified atom stereocenters. The van der Waals surface area contributed by atoms with Gasteiger partial charge in [-0.15, -0.1) is 0 Å². The summed E-state index contributed by atoms with van der Waals surface area (Å²) in [5, 5.41) is 15.5. The van der Waals surface area contributed by atoms with E-state index in [1.54, 1.807) is 10.7 Å². The summed E-state index contributed by atoms with van der Waals surface area (Å²) in [5.41, 5.74) is 4.51. The Hall–Kier alpha value is -2.74. The van der Waals surface area contributed by atoms with Crippen LogP contribution < -0.4 is 0 Å². The molecule has 0 saturated carbocycles. The van der Waals surface area contributed by atoms with Gasteiger partial charge in [0.15, 0.2) is 5.65 Å². The van der Waals surface area contributed by atoms with Crippen LogP contribution in [-0.4, -0.2) is 47.9 Å². The Bertz CT molecular complexity index is 779. The maximum absolute atomic E-state index is 8.36. The summed E-state index contributed by atoms with van der Waals surface area (Å²) in [6.45, 7) is 3.52. The summed E-state index contributed by atoms with van der Waals surface area (Å²) >= 11 is 0. The third-order valence-electron chi connectivity index (χ3n) is 3.57. The van der Waals surface area contributed by atoms with Crippen molar-refractivity contribution in [3.63, 3.8) is 0 Å². The van der Waals surface area contributed by atoms with Gasteiger partial charge in [0.2, 0.25) is 0 Å². The van der Waals surface area contributed by atoms with Crippen molar-refractivity contribution in [2.24, 2.45) is 7.05 Å². The van der Waals surface area contributed by atoms with Crippen molar-refractivity contribution in [2.45, 2.75) is 20.0 Å². The molecule has 0 saturated heterocycles. The van der Waals surface area contributed by atoms with Crippen LogP contribution in [0.25, 0.3) is 5.65 Å². The molecule has 0 aliphatic carbocycles. The molecular weight excluding hydrogens is 296 g/mol. The minimum absolute atomic E-state index is 0.250. The molecule has 0 spiro atoms. The summed E-state index contributed by atoms with van der Waals surface area (Å²) in [6.07, 6.45) is 7.53. The summed E-state index contributed by atoms with van der Waals surface area (Å²) < 4.78 is 3.71. The van der Waals surface area contributed by atoms with Gasteiger partial charge in [-0.3, -0.25) is 14.4 Å². The quantitative estimate of drug-likeness (QED) is 0.725. The van der Waals surface area contributed by atoms with Gasteiger partial charge in [0.1, 0.15) is 0 Å². The largest absolute Gasteiger partial charge is 0.483 e. The molecule has 3 rings (SSSR count). The number of aromatic nitrogens is 5. The van der Waals surface area contributed by atoms with Gasteiger partial charge in [-0.25, -0.2) is 9.50 Å². The molecule has 3 heterocycles. The Labute approximate surface area is 134 Å². The van der Waals surface area contributed by atoms with Gasteiger partial charge in [-0.1, -0.05) is 0 Å². The molecule has 0 bridgehead atoms. The number of aryl methyl sites for hydroxylation is 1. The third-order valence-corrected chi connectivity index (χ3v) is 3.57. The zero-order chi connectivity index (χ0) is 16.8. The summed E-state index contributed by atoms with van der Waals surface area (Å²) in [5.74, 6) is 0. The second kappa shape index (κ2) is 7.50. The summed E-state index contributed by atoms with van der Waals surface area (Å²) in [4.78, 5) is 15.0. The van der Waals surface area contributed by atoms with Crippen LogP contribution in [-0.2, 0) is 24.9 Å². The Morgan fingerprint density at radius 2 is 1.91 bits per heavy atom.